The number of hydrogen-bond acceptors (Lipinski definition) is 4. The van der Waals surface area contributed by atoms with Gasteiger partial charge in [-0.1, -0.05) is 5.21 Å². The van der Waals surface area contributed by atoms with E-state index in [0.29, 0.717) is 18.7 Å². The van der Waals surface area contributed by atoms with Crippen LogP contribution in [0.15, 0.2) is 6.20 Å². The van der Waals surface area contributed by atoms with Gasteiger partial charge in [0.1, 0.15) is 11.8 Å². The molecule has 0 amide bonds. The lowest BCUT2D eigenvalue weighted by molar-refractivity contribution is -0.152. The van der Waals surface area contributed by atoms with Gasteiger partial charge in [0.15, 0.2) is 0 Å². The highest BCUT2D eigenvalue weighted by molar-refractivity contribution is 5.71. The third-order valence-electron chi connectivity index (χ3n) is 2.55. The number of carbonyl (C=O) groups is 1. The fourth-order valence-electron chi connectivity index (χ4n) is 1.82. The predicted molar refractivity (Wildman–Crippen MR) is 50.1 cm³/mol. The summed E-state index contributed by atoms with van der Waals surface area (Å²) < 4.78 is 7.00. The van der Waals surface area contributed by atoms with Crippen molar-refractivity contribution in [3.63, 3.8) is 0 Å². The quantitative estimate of drug-likeness (QED) is 0.764. The minimum Gasteiger partial charge on any atom is -0.481 e. The molecule has 0 aliphatic carbocycles. The van der Waals surface area contributed by atoms with Gasteiger partial charge in [-0.2, -0.15) is 0 Å². The third kappa shape index (κ3) is 1.99. The smallest absolute Gasteiger partial charge is 0.309 e. The SMILES string of the molecule is Cn1cc(C2OCCCC2C(=O)O)nn1. The van der Waals surface area contributed by atoms with Crippen molar-refractivity contribution in [1.82, 2.24) is 15.0 Å². The number of hydrogen-bond donors (Lipinski definition) is 1. The second kappa shape index (κ2) is 3.98. The van der Waals surface area contributed by atoms with Crippen molar-refractivity contribution in [2.24, 2.45) is 13.0 Å². The van der Waals surface area contributed by atoms with Crippen molar-refractivity contribution >= 4 is 5.97 Å². The number of carboxylic acid groups (broad SMARTS) is 1. The molecular weight excluding hydrogens is 198 g/mol. The van der Waals surface area contributed by atoms with Crippen molar-refractivity contribution in [3.8, 4) is 0 Å². The van der Waals surface area contributed by atoms with Crippen LogP contribution in [0.1, 0.15) is 24.6 Å². The summed E-state index contributed by atoms with van der Waals surface area (Å²) in [5.74, 6) is -1.33. The van der Waals surface area contributed by atoms with Crippen LogP contribution in [0.4, 0.5) is 0 Å². The van der Waals surface area contributed by atoms with Gasteiger partial charge >= 0.3 is 5.97 Å². The molecular formula is C9H13N3O3. The van der Waals surface area contributed by atoms with Gasteiger partial charge in [-0.05, 0) is 12.8 Å². The van der Waals surface area contributed by atoms with Crippen LogP contribution in [0, 0.1) is 5.92 Å². The molecule has 0 saturated carbocycles. The number of aromatic nitrogens is 3. The standard InChI is InChI=1S/C9H13N3O3/c1-12-5-7(10-11-12)8-6(9(13)14)3-2-4-15-8/h5-6,8H,2-4H2,1H3,(H,13,14). The summed E-state index contributed by atoms with van der Waals surface area (Å²) in [5.41, 5.74) is 0.601. The van der Waals surface area contributed by atoms with Crippen molar-refractivity contribution in [1.29, 1.82) is 0 Å². The Morgan fingerprint density at radius 3 is 3.13 bits per heavy atom. The van der Waals surface area contributed by atoms with Crippen molar-refractivity contribution in [2.75, 3.05) is 6.61 Å². The van der Waals surface area contributed by atoms with E-state index in [0.717, 1.165) is 6.42 Å². The van der Waals surface area contributed by atoms with E-state index in [1.54, 1.807) is 17.9 Å². The summed E-state index contributed by atoms with van der Waals surface area (Å²) in [6, 6.07) is 0. The molecule has 0 aromatic carbocycles. The van der Waals surface area contributed by atoms with E-state index in [2.05, 4.69) is 10.3 Å². The highest BCUT2D eigenvalue weighted by Gasteiger charge is 2.34. The van der Waals surface area contributed by atoms with Crippen LogP contribution in [0.5, 0.6) is 0 Å². The van der Waals surface area contributed by atoms with Gasteiger partial charge in [0.05, 0.1) is 12.1 Å². The fourth-order valence-corrected chi connectivity index (χ4v) is 1.82. The molecule has 1 aliphatic heterocycles. The van der Waals surface area contributed by atoms with Gasteiger partial charge in [-0.25, -0.2) is 0 Å². The lowest BCUT2D eigenvalue weighted by Gasteiger charge is -2.27. The first-order chi connectivity index (χ1) is 7.18. The molecule has 0 radical (unpaired) electrons. The Balaban J connectivity index is 2.21. The van der Waals surface area contributed by atoms with Gasteiger partial charge in [-0.15, -0.1) is 5.10 Å². The van der Waals surface area contributed by atoms with E-state index in [1.807, 2.05) is 0 Å². The lowest BCUT2D eigenvalue weighted by atomic mass is 9.93. The Morgan fingerprint density at radius 1 is 1.73 bits per heavy atom. The predicted octanol–water partition coefficient (Wildman–Crippen LogP) is 0.367. The Morgan fingerprint density at radius 2 is 2.53 bits per heavy atom. The van der Waals surface area contributed by atoms with Gasteiger partial charge in [0, 0.05) is 13.7 Å². The fraction of sp³-hybridized carbons (Fsp3) is 0.667. The molecule has 1 aliphatic rings. The molecule has 1 aromatic heterocycles. The summed E-state index contributed by atoms with van der Waals surface area (Å²) in [5, 5.41) is 16.7. The normalized spacial score (nSPS) is 26.5. The molecule has 82 valence electrons. The number of rotatable bonds is 2. The van der Waals surface area contributed by atoms with Crippen molar-refractivity contribution in [2.45, 2.75) is 18.9 Å². The van der Waals surface area contributed by atoms with Crippen LogP contribution >= 0.6 is 0 Å². The second-order valence-corrected chi connectivity index (χ2v) is 3.70. The summed E-state index contributed by atoms with van der Waals surface area (Å²) in [4.78, 5) is 11.0. The maximum absolute atomic E-state index is 11.0. The first kappa shape index (κ1) is 10.1. The minimum absolute atomic E-state index is 0.454. The Bertz CT molecular complexity index is 363. The summed E-state index contributed by atoms with van der Waals surface area (Å²) in [6.07, 6.45) is 2.67. The summed E-state index contributed by atoms with van der Waals surface area (Å²) in [7, 11) is 1.75. The first-order valence-electron chi connectivity index (χ1n) is 4.89. The molecule has 1 N–H and O–H groups in total. The number of carboxylic acids is 1. The van der Waals surface area contributed by atoms with Gasteiger partial charge < -0.3 is 9.84 Å². The lowest BCUT2D eigenvalue weighted by Crippen LogP contribution is -2.29. The average molecular weight is 211 g/mol. The minimum atomic E-state index is -0.828. The highest BCUT2D eigenvalue weighted by atomic mass is 16.5. The largest absolute Gasteiger partial charge is 0.481 e. The van der Waals surface area contributed by atoms with Crippen LogP contribution in [0.25, 0.3) is 0 Å². The summed E-state index contributed by atoms with van der Waals surface area (Å²) in [6.45, 7) is 0.588. The molecule has 0 spiro atoms. The molecule has 0 bridgehead atoms. The number of nitrogens with zero attached hydrogens (tertiary/aromatic N) is 3. The average Bonchev–Trinajstić information content (AvgIpc) is 2.65. The molecule has 1 aromatic rings. The molecule has 6 heteroatoms. The number of aliphatic carboxylic acids is 1. The van der Waals surface area contributed by atoms with Gasteiger partial charge in [-0.3, -0.25) is 9.48 Å². The van der Waals surface area contributed by atoms with E-state index in [4.69, 9.17) is 9.84 Å². The first-order valence-corrected chi connectivity index (χ1v) is 4.89. The van der Waals surface area contributed by atoms with Gasteiger partial charge in [0.25, 0.3) is 0 Å². The third-order valence-corrected chi connectivity index (χ3v) is 2.55. The van der Waals surface area contributed by atoms with Crippen molar-refractivity contribution in [3.05, 3.63) is 11.9 Å². The van der Waals surface area contributed by atoms with E-state index < -0.39 is 18.0 Å². The molecule has 1 saturated heterocycles. The number of ether oxygens (including phenoxy) is 1. The Labute approximate surface area is 86.8 Å². The Kier molecular flexibility index (Phi) is 2.68. The molecule has 2 rings (SSSR count). The molecule has 2 atom stereocenters. The molecule has 1 fully saturated rings. The van der Waals surface area contributed by atoms with E-state index in [9.17, 15) is 4.79 Å². The maximum Gasteiger partial charge on any atom is 0.309 e. The van der Waals surface area contributed by atoms with Crippen LogP contribution in [-0.2, 0) is 16.6 Å². The van der Waals surface area contributed by atoms with Crippen LogP contribution in [0.3, 0.4) is 0 Å². The maximum atomic E-state index is 11.0. The highest BCUT2D eigenvalue weighted by Crippen LogP contribution is 2.32. The van der Waals surface area contributed by atoms with Crippen LogP contribution in [-0.4, -0.2) is 32.7 Å². The van der Waals surface area contributed by atoms with Crippen LogP contribution in [0.2, 0.25) is 0 Å². The van der Waals surface area contributed by atoms with E-state index in [1.165, 1.54) is 0 Å². The molecule has 2 heterocycles. The number of aryl methyl sites for hydroxylation is 1. The molecule has 2 unspecified atom stereocenters. The summed E-state index contributed by atoms with van der Waals surface area (Å²) >= 11 is 0. The second-order valence-electron chi connectivity index (χ2n) is 3.70. The monoisotopic (exact) mass is 211 g/mol. The zero-order valence-corrected chi connectivity index (χ0v) is 8.46. The zero-order valence-electron chi connectivity index (χ0n) is 8.46. The topological polar surface area (TPSA) is 77.2 Å². The van der Waals surface area contributed by atoms with Gasteiger partial charge in [0.2, 0.25) is 0 Å². The zero-order chi connectivity index (χ0) is 10.8. The molecule has 6 nitrogen and oxygen atoms in total. The van der Waals surface area contributed by atoms with Crippen LogP contribution < -0.4 is 0 Å². The van der Waals surface area contributed by atoms with Crippen molar-refractivity contribution < 1.29 is 14.6 Å². The molecule has 15 heavy (non-hydrogen) atoms. The van der Waals surface area contributed by atoms with E-state index >= 15 is 0 Å². The Hall–Kier alpha value is -1.43. The van der Waals surface area contributed by atoms with E-state index in [-0.39, 0.29) is 0 Å².